The van der Waals surface area contributed by atoms with Crippen molar-refractivity contribution in [2.45, 2.75) is 13.8 Å². The molecule has 0 atom stereocenters. The summed E-state index contributed by atoms with van der Waals surface area (Å²) in [5.74, 6) is 0.0928. The molecule has 0 saturated heterocycles. The second-order valence-corrected chi connectivity index (χ2v) is 4.46. The number of ether oxygens (including phenoxy) is 1. The third-order valence-corrected chi connectivity index (χ3v) is 2.69. The minimum absolute atomic E-state index is 0.361. The average Bonchev–Trinajstić information content (AvgIpc) is 2.46. The molecule has 0 aliphatic rings. The van der Waals surface area contributed by atoms with Gasteiger partial charge in [-0.25, -0.2) is 20.2 Å². The lowest BCUT2D eigenvalue weighted by molar-refractivity contribution is 0.0600. The van der Waals surface area contributed by atoms with Gasteiger partial charge in [0.1, 0.15) is 0 Å². The van der Waals surface area contributed by atoms with E-state index in [1.54, 1.807) is 30.5 Å². The van der Waals surface area contributed by atoms with Gasteiger partial charge in [0.15, 0.2) is 0 Å². The van der Waals surface area contributed by atoms with Crippen molar-refractivity contribution in [3.05, 3.63) is 52.8 Å². The molecule has 0 spiro atoms. The molecule has 1 heterocycles. The van der Waals surface area contributed by atoms with Crippen LogP contribution in [0, 0.1) is 13.8 Å². The number of esters is 1. The zero-order valence-electron chi connectivity index (χ0n) is 12.1. The summed E-state index contributed by atoms with van der Waals surface area (Å²) in [4.78, 5) is 19.7. The van der Waals surface area contributed by atoms with Crippen LogP contribution >= 0.6 is 0 Å². The fourth-order valence-corrected chi connectivity index (χ4v) is 1.76. The van der Waals surface area contributed by atoms with Gasteiger partial charge in [-0.3, -0.25) is 0 Å². The number of carbonyl (C=O) groups is 1. The molecule has 0 unspecified atom stereocenters. The van der Waals surface area contributed by atoms with E-state index in [1.807, 2.05) is 19.9 Å². The van der Waals surface area contributed by atoms with E-state index in [-0.39, 0.29) is 5.97 Å². The van der Waals surface area contributed by atoms with Crippen molar-refractivity contribution in [3.63, 3.8) is 0 Å². The minimum atomic E-state index is -0.361. The number of methoxy groups -OCH3 is 1. The second kappa shape index (κ2) is 6.60. The highest BCUT2D eigenvalue weighted by atomic mass is 16.5. The van der Waals surface area contributed by atoms with E-state index in [2.05, 4.69) is 25.2 Å². The van der Waals surface area contributed by atoms with Crippen molar-refractivity contribution >= 4 is 18.1 Å². The van der Waals surface area contributed by atoms with E-state index >= 15 is 0 Å². The van der Waals surface area contributed by atoms with Crippen LogP contribution in [0.5, 0.6) is 0 Å². The van der Waals surface area contributed by atoms with Crippen LogP contribution in [-0.4, -0.2) is 29.3 Å². The first kappa shape index (κ1) is 14.6. The highest BCUT2D eigenvalue weighted by Gasteiger charge is 2.03. The predicted octanol–water partition coefficient (Wildman–Crippen LogP) is 2.33. The van der Waals surface area contributed by atoms with Crippen LogP contribution in [0.3, 0.4) is 0 Å². The lowest BCUT2D eigenvalue weighted by atomic mass is 10.1. The van der Waals surface area contributed by atoms with Gasteiger partial charge >= 0.3 is 5.97 Å². The summed E-state index contributed by atoms with van der Waals surface area (Å²) in [6, 6.07) is 8.81. The maximum absolute atomic E-state index is 11.3. The molecular formula is C15H16N4O2. The summed E-state index contributed by atoms with van der Waals surface area (Å²) in [6.07, 6.45) is 1.63. The molecule has 0 radical (unpaired) electrons. The number of aromatic nitrogens is 2. The Morgan fingerprint density at radius 3 is 2.38 bits per heavy atom. The molecule has 2 aromatic rings. The Kier molecular flexibility index (Phi) is 4.61. The lowest BCUT2D eigenvalue weighted by Gasteiger charge is -2.02. The Bertz CT molecular complexity index is 646. The van der Waals surface area contributed by atoms with Gasteiger partial charge < -0.3 is 4.74 Å². The van der Waals surface area contributed by atoms with E-state index in [0.29, 0.717) is 11.5 Å². The summed E-state index contributed by atoms with van der Waals surface area (Å²) in [5, 5.41) is 4.07. The van der Waals surface area contributed by atoms with E-state index in [4.69, 9.17) is 0 Å². The molecule has 2 rings (SSSR count). The molecule has 0 amide bonds. The molecule has 108 valence electrons. The smallest absolute Gasteiger partial charge is 0.337 e. The van der Waals surface area contributed by atoms with E-state index in [9.17, 15) is 4.79 Å². The molecule has 6 heteroatoms. The van der Waals surface area contributed by atoms with Gasteiger partial charge in [-0.2, -0.15) is 5.10 Å². The summed E-state index contributed by atoms with van der Waals surface area (Å²) < 4.78 is 4.64. The molecule has 21 heavy (non-hydrogen) atoms. The third kappa shape index (κ3) is 4.10. The van der Waals surface area contributed by atoms with Crippen molar-refractivity contribution in [2.24, 2.45) is 5.10 Å². The zero-order valence-corrected chi connectivity index (χ0v) is 12.1. The number of nitrogens with one attached hydrogen (secondary N) is 1. The molecule has 0 bridgehead atoms. The Morgan fingerprint density at radius 2 is 1.81 bits per heavy atom. The van der Waals surface area contributed by atoms with Crippen LogP contribution in [0.1, 0.15) is 27.3 Å². The Morgan fingerprint density at radius 1 is 1.19 bits per heavy atom. The number of nitrogens with zero attached hydrogens (tertiary/aromatic N) is 3. The molecule has 0 fully saturated rings. The van der Waals surface area contributed by atoms with Crippen molar-refractivity contribution in [3.8, 4) is 0 Å². The van der Waals surface area contributed by atoms with Gasteiger partial charge in [0.25, 0.3) is 0 Å². The largest absolute Gasteiger partial charge is 0.465 e. The quantitative estimate of drug-likeness (QED) is 0.529. The van der Waals surface area contributed by atoms with E-state index < -0.39 is 0 Å². The van der Waals surface area contributed by atoms with Crippen LogP contribution in [0.25, 0.3) is 0 Å². The number of hydrogen-bond donors (Lipinski definition) is 1. The molecular weight excluding hydrogens is 268 g/mol. The standard InChI is InChI=1S/C15H16N4O2/c1-10-8-11(2)18-15(17-10)19-16-9-12-4-6-13(7-5-12)14(20)21-3/h4-9H,1-3H3,(H,17,18,19)/b16-9-. The van der Waals surface area contributed by atoms with Crippen LogP contribution in [0.4, 0.5) is 5.95 Å². The molecule has 1 aromatic heterocycles. The maximum Gasteiger partial charge on any atom is 0.337 e. The van der Waals surface area contributed by atoms with Gasteiger partial charge in [-0.05, 0) is 37.6 Å². The minimum Gasteiger partial charge on any atom is -0.465 e. The summed E-state index contributed by atoms with van der Waals surface area (Å²) in [5.41, 5.74) is 5.88. The van der Waals surface area contributed by atoms with Crippen LogP contribution in [0.2, 0.25) is 0 Å². The summed E-state index contributed by atoms with van der Waals surface area (Å²) in [6.45, 7) is 3.80. The lowest BCUT2D eigenvalue weighted by Crippen LogP contribution is -2.01. The number of hydrogen-bond acceptors (Lipinski definition) is 6. The van der Waals surface area contributed by atoms with Crippen molar-refractivity contribution in [2.75, 3.05) is 12.5 Å². The first-order valence-corrected chi connectivity index (χ1v) is 6.38. The highest BCUT2D eigenvalue weighted by molar-refractivity contribution is 5.90. The predicted molar refractivity (Wildman–Crippen MR) is 80.5 cm³/mol. The van der Waals surface area contributed by atoms with Crippen LogP contribution in [0.15, 0.2) is 35.4 Å². The first-order chi connectivity index (χ1) is 10.1. The number of aryl methyl sites for hydroxylation is 2. The fraction of sp³-hybridized carbons (Fsp3) is 0.200. The number of rotatable bonds is 4. The molecule has 1 aromatic carbocycles. The van der Waals surface area contributed by atoms with Gasteiger partial charge in [0.05, 0.1) is 18.9 Å². The number of hydrazone groups is 1. The average molecular weight is 284 g/mol. The molecule has 1 N–H and O–H groups in total. The van der Waals surface area contributed by atoms with Gasteiger partial charge in [-0.1, -0.05) is 12.1 Å². The molecule has 0 saturated carbocycles. The van der Waals surface area contributed by atoms with Crippen molar-refractivity contribution in [1.82, 2.24) is 9.97 Å². The van der Waals surface area contributed by atoms with E-state index in [0.717, 1.165) is 17.0 Å². The fourth-order valence-electron chi connectivity index (χ4n) is 1.76. The first-order valence-electron chi connectivity index (χ1n) is 6.38. The SMILES string of the molecule is COC(=O)c1ccc(/C=N\Nc2nc(C)cc(C)n2)cc1. The Hall–Kier alpha value is -2.76. The van der Waals surface area contributed by atoms with Crippen LogP contribution < -0.4 is 5.43 Å². The highest BCUT2D eigenvalue weighted by Crippen LogP contribution is 2.05. The maximum atomic E-state index is 11.3. The van der Waals surface area contributed by atoms with Gasteiger partial charge in [0.2, 0.25) is 5.95 Å². The summed E-state index contributed by atoms with van der Waals surface area (Å²) in [7, 11) is 1.35. The second-order valence-electron chi connectivity index (χ2n) is 4.46. The third-order valence-electron chi connectivity index (χ3n) is 2.69. The topological polar surface area (TPSA) is 76.5 Å². The van der Waals surface area contributed by atoms with Crippen molar-refractivity contribution < 1.29 is 9.53 Å². The van der Waals surface area contributed by atoms with Crippen molar-refractivity contribution in [1.29, 1.82) is 0 Å². The molecule has 0 aliphatic heterocycles. The summed E-state index contributed by atoms with van der Waals surface area (Å²) >= 11 is 0. The normalized spacial score (nSPS) is 10.6. The Labute approximate surface area is 122 Å². The number of benzene rings is 1. The van der Waals surface area contributed by atoms with Crippen LogP contribution in [-0.2, 0) is 4.74 Å². The molecule has 0 aliphatic carbocycles. The zero-order chi connectivity index (χ0) is 15.2. The van der Waals surface area contributed by atoms with Gasteiger partial charge in [-0.15, -0.1) is 0 Å². The number of anilines is 1. The molecule has 6 nitrogen and oxygen atoms in total. The number of carbonyl (C=O) groups excluding carboxylic acids is 1. The van der Waals surface area contributed by atoms with E-state index in [1.165, 1.54) is 7.11 Å². The monoisotopic (exact) mass is 284 g/mol. The van der Waals surface area contributed by atoms with Gasteiger partial charge in [0, 0.05) is 11.4 Å². The Balaban J connectivity index is 2.02.